The van der Waals surface area contributed by atoms with Crippen LogP contribution in [0.4, 0.5) is 13.2 Å². The first kappa shape index (κ1) is 14.2. The molecule has 0 fully saturated rings. The fraction of sp³-hybridized carbons (Fsp3) is 0.143. The maximum Gasteiger partial charge on any atom is 0.131 e. The van der Waals surface area contributed by atoms with Crippen molar-refractivity contribution in [3.63, 3.8) is 0 Å². The number of aryl methyl sites for hydroxylation is 1. The summed E-state index contributed by atoms with van der Waals surface area (Å²) >= 11 is 12.0. The standard InChI is InChI=1S/C14H9Cl2F3/c1-7-5-8(9(15)6-12(7)19)14(16)13-10(17)3-2-4-11(13)18/h2-6,14H,1H3. The van der Waals surface area contributed by atoms with Crippen molar-refractivity contribution in [1.82, 2.24) is 0 Å². The topological polar surface area (TPSA) is 0 Å². The molecular formula is C14H9Cl2F3. The summed E-state index contributed by atoms with van der Waals surface area (Å²) in [5.41, 5.74) is 0.283. The van der Waals surface area contributed by atoms with Crippen LogP contribution in [-0.2, 0) is 0 Å². The Morgan fingerprint density at radius 2 is 1.58 bits per heavy atom. The van der Waals surface area contributed by atoms with Crippen molar-refractivity contribution in [3.05, 3.63) is 69.5 Å². The summed E-state index contributed by atoms with van der Waals surface area (Å²) in [5, 5.41) is -1.08. The molecule has 100 valence electrons. The summed E-state index contributed by atoms with van der Waals surface area (Å²) in [4.78, 5) is 0. The molecule has 0 nitrogen and oxygen atoms in total. The maximum absolute atomic E-state index is 13.7. The molecule has 0 aromatic heterocycles. The van der Waals surface area contributed by atoms with Crippen molar-refractivity contribution in [2.75, 3.05) is 0 Å². The van der Waals surface area contributed by atoms with Crippen LogP contribution in [0.25, 0.3) is 0 Å². The second-order valence-corrected chi connectivity index (χ2v) is 4.96. The third kappa shape index (κ3) is 2.72. The minimum Gasteiger partial charge on any atom is -0.207 e. The lowest BCUT2D eigenvalue weighted by Crippen LogP contribution is -2.02. The first-order valence-electron chi connectivity index (χ1n) is 5.45. The van der Waals surface area contributed by atoms with Crippen LogP contribution in [0.15, 0.2) is 30.3 Å². The lowest BCUT2D eigenvalue weighted by molar-refractivity contribution is 0.559. The molecule has 0 heterocycles. The fourth-order valence-corrected chi connectivity index (χ4v) is 2.49. The predicted octanol–water partition coefficient (Wildman–Crippen LogP) is 5.39. The normalized spacial score (nSPS) is 12.5. The molecule has 2 aromatic rings. The molecule has 5 heteroatoms. The van der Waals surface area contributed by atoms with Gasteiger partial charge in [0.05, 0.1) is 5.38 Å². The second-order valence-electron chi connectivity index (χ2n) is 4.12. The van der Waals surface area contributed by atoms with Crippen molar-refractivity contribution >= 4 is 23.2 Å². The van der Waals surface area contributed by atoms with E-state index in [0.717, 1.165) is 18.2 Å². The summed E-state index contributed by atoms with van der Waals surface area (Å²) in [7, 11) is 0. The Balaban J connectivity index is 2.56. The van der Waals surface area contributed by atoms with Crippen molar-refractivity contribution in [2.45, 2.75) is 12.3 Å². The zero-order valence-electron chi connectivity index (χ0n) is 9.85. The van der Waals surface area contributed by atoms with E-state index in [1.165, 1.54) is 19.1 Å². The van der Waals surface area contributed by atoms with E-state index in [4.69, 9.17) is 23.2 Å². The minimum absolute atomic E-state index is 0.0331. The highest BCUT2D eigenvalue weighted by Gasteiger charge is 2.22. The number of halogens is 5. The van der Waals surface area contributed by atoms with Gasteiger partial charge in [-0.05, 0) is 42.3 Å². The van der Waals surface area contributed by atoms with E-state index in [-0.39, 0.29) is 16.1 Å². The first-order chi connectivity index (χ1) is 8.91. The van der Waals surface area contributed by atoms with Gasteiger partial charge in [-0.3, -0.25) is 0 Å². The Morgan fingerprint density at radius 3 is 2.16 bits per heavy atom. The van der Waals surface area contributed by atoms with E-state index >= 15 is 0 Å². The van der Waals surface area contributed by atoms with Crippen molar-refractivity contribution in [1.29, 1.82) is 0 Å². The number of hydrogen-bond donors (Lipinski definition) is 0. The lowest BCUT2D eigenvalue weighted by Gasteiger charge is -2.15. The molecule has 1 unspecified atom stereocenters. The molecular weight excluding hydrogens is 296 g/mol. The number of hydrogen-bond acceptors (Lipinski definition) is 0. The van der Waals surface area contributed by atoms with Crippen LogP contribution in [0, 0.1) is 24.4 Å². The van der Waals surface area contributed by atoms with E-state index in [2.05, 4.69) is 0 Å². The maximum atomic E-state index is 13.7. The molecule has 0 aliphatic heterocycles. The molecule has 19 heavy (non-hydrogen) atoms. The number of alkyl halides is 1. The van der Waals surface area contributed by atoms with Crippen LogP contribution in [0.1, 0.15) is 22.1 Å². The summed E-state index contributed by atoms with van der Waals surface area (Å²) < 4.78 is 40.6. The highest BCUT2D eigenvalue weighted by molar-refractivity contribution is 6.33. The Hall–Kier alpha value is -1.19. The van der Waals surface area contributed by atoms with Crippen LogP contribution in [0.3, 0.4) is 0 Å². The average Bonchev–Trinajstić information content (AvgIpc) is 2.33. The summed E-state index contributed by atoms with van der Waals surface area (Å²) in [6.07, 6.45) is 0. The molecule has 0 radical (unpaired) electrons. The van der Waals surface area contributed by atoms with Crippen molar-refractivity contribution in [3.8, 4) is 0 Å². The van der Waals surface area contributed by atoms with Gasteiger partial charge in [-0.25, -0.2) is 13.2 Å². The molecule has 0 bridgehead atoms. The van der Waals surface area contributed by atoms with Gasteiger partial charge in [-0.1, -0.05) is 17.7 Å². The van der Waals surface area contributed by atoms with Gasteiger partial charge in [-0.15, -0.1) is 11.6 Å². The van der Waals surface area contributed by atoms with E-state index in [1.54, 1.807) is 0 Å². The molecule has 0 saturated heterocycles. The van der Waals surface area contributed by atoms with Crippen LogP contribution in [0.5, 0.6) is 0 Å². The van der Waals surface area contributed by atoms with E-state index in [0.29, 0.717) is 5.56 Å². The minimum atomic E-state index is -1.12. The molecule has 1 atom stereocenters. The Bertz CT molecular complexity index is 606. The van der Waals surface area contributed by atoms with Crippen LogP contribution >= 0.6 is 23.2 Å². The van der Waals surface area contributed by atoms with Gasteiger partial charge >= 0.3 is 0 Å². The predicted molar refractivity (Wildman–Crippen MR) is 70.2 cm³/mol. The summed E-state index contributed by atoms with van der Waals surface area (Å²) in [6.45, 7) is 1.52. The fourth-order valence-electron chi connectivity index (χ4n) is 1.78. The quantitative estimate of drug-likeness (QED) is 0.652. The van der Waals surface area contributed by atoms with Gasteiger partial charge in [0, 0.05) is 10.6 Å². The third-order valence-electron chi connectivity index (χ3n) is 2.80. The van der Waals surface area contributed by atoms with Gasteiger partial charge in [0.2, 0.25) is 0 Å². The monoisotopic (exact) mass is 304 g/mol. The van der Waals surface area contributed by atoms with Crippen LogP contribution in [-0.4, -0.2) is 0 Å². The largest absolute Gasteiger partial charge is 0.207 e. The van der Waals surface area contributed by atoms with Crippen molar-refractivity contribution in [2.24, 2.45) is 0 Å². The highest BCUT2D eigenvalue weighted by atomic mass is 35.5. The van der Waals surface area contributed by atoms with Gasteiger partial charge in [-0.2, -0.15) is 0 Å². The molecule has 0 saturated carbocycles. The van der Waals surface area contributed by atoms with Gasteiger partial charge < -0.3 is 0 Å². The molecule has 2 aromatic carbocycles. The molecule has 0 N–H and O–H groups in total. The Kier molecular flexibility index (Phi) is 4.07. The van der Waals surface area contributed by atoms with Crippen LogP contribution < -0.4 is 0 Å². The van der Waals surface area contributed by atoms with E-state index in [1.807, 2.05) is 0 Å². The third-order valence-corrected chi connectivity index (χ3v) is 3.58. The highest BCUT2D eigenvalue weighted by Crippen LogP contribution is 2.37. The van der Waals surface area contributed by atoms with Crippen molar-refractivity contribution < 1.29 is 13.2 Å². The number of rotatable bonds is 2. The smallest absolute Gasteiger partial charge is 0.131 e. The molecule has 2 rings (SSSR count). The SMILES string of the molecule is Cc1cc(C(Cl)c2c(F)cccc2F)c(Cl)cc1F. The second kappa shape index (κ2) is 5.43. The molecule has 0 amide bonds. The van der Waals surface area contributed by atoms with Gasteiger partial charge in [0.25, 0.3) is 0 Å². The summed E-state index contributed by atoms with van der Waals surface area (Å²) in [5.74, 6) is -2.03. The van der Waals surface area contributed by atoms with Gasteiger partial charge in [0.1, 0.15) is 17.5 Å². The number of benzene rings is 2. The Labute approximate surface area is 118 Å². The Morgan fingerprint density at radius 1 is 1.00 bits per heavy atom. The van der Waals surface area contributed by atoms with Crippen LogP contribution in [0.2, 0.25) is 5.02 Å². The van der Waals surface area contributed by atoms with Gasteiger partial charge in [0.15, 0.2) is 0 Å². The van der Waals surface area contributed by atoms with E-state index in [9.17, 15) is 13.2 Å². The zero-order chi connectivity index (χ0) is 14.2. The summed E-state index contributed by atoms with van der Waals surface area (Å²) in [6, 6.07) is 5.94. The average molecular weight is 305 g/mol. The molecule has 0 aliphatic rings. The lowest BCUT2D eigenvalue weighted by atomic mass is 10.0. The first-order valence-corrected chi connectivity index (χ1v) is 6.26. The molecule has 0 aliphatic carbocycles. The molecule has 0 spiro atoms. The van der Waals surface area contributed by atoms with E-state index < -0.39 is 22.8 Å². The zero-order valence-corrected chi connectivity index (χ0v) is 11.4.